The molecule has 0 radical (unpaired) electrons. The number of ether oxygens (including phenoxy) is 2. The normalized spacial score (nSPS) is 23.6. The Balaban J connectivity index is 1.68. The van der Waals surface area contributed by atoms with Gasteiger partial charge in [0.05, 0.1) is 18.8 Å². The second kappa shape index (κ2) is 15.5. The lowest BCUT2D eigenvalue weighted by atomic mass is 10.0. The number of esters is 1. The van der Waals surface area contributed by atoms with E-state index in [1.165, 1.54) is 56.7 Å². The summed E-state index contributed by atoms with van der Waals surface area (Å²) in [5.74, 6) is -0.160. The fourth-order valence-corrected chi connectivity index (χ4v) is 9.58. The van der Waals surface area contributed by atoms with Crippen molar-refractivity contribution in [2.45, 2.75) is 173 Å². The first kappa shape index (κ1) is 33.7. The van der Waals surface area contributed by atoms with Crippen LogP contribution in [0.5, 0.6) is 0 Å². The Morgan fingerprint density at radius 1 is 0.974 bits per heavy atom. The molecule has 0 unspecified atom stereocenters. The van der Waals surface area contributed by atoms with Crippen LogP contribution in [-0.4, -0.2) is 53.6 Å². The molecule has 0 bridgehead atoms. The van der Waals surface area contributed by atoms with Gasteiger partial charge in [-0.05, 0) is 74.9 Å². The standard InChI is InChI=1S/C31H60O5Si2/c1-10-38(11-2,12-3)33-24-29-21-20-27(35-29)18-16-14-13-15-17-19-28(36-37(8,9)31(5,6)7)23-26-22-25(4)34-30(26)32/h22,25,27-29H,10-21,23-24H2,1-9H3/t25-,27+,28+,29-/m0/s1. The number of carbonyl (C=O) groups is 1. The van der Waals surface area contributed by atoms with Gasteiger partial charge in [0.25, 0.3) is 0 Å². The van der Waals surface area contributed by atoms with Crippen molar-refractivity contribution in [2.75, 3.05) is 6.61 Å². The van der Waals surface area contributed by atoms with Gasteiger partial charge in [-0.25, -0.2) is 4.79 Å². The Labute approximate surface area is 237 Å². The van der Waals surface area contributed by atoms with Gasteiger partial charge in [0.1, 0.15) is 6.10 Å². The fourth-order valence-electron chi connectivity index (χ4n) is 5.54. The molecular formula is C31H60O5Si2. The average Bonchev–Trinajstić information content (AvgIpc) is 3.43. The second-order valence-electron chi connectivity index (χ2n) is 13.4. The van der Waals surface area contributed by atoms with E-state index in [9.17, 15) is 4.79 Å². The molecule has 1 fully saturated rings. The molecule has 0 spiro atoms. The Morgan fingerprint density at radius 3 is 2.16 bits per heavy atom. The molecule has 1 saturated heterocycles. The van der Waals surface area contributed by atoms with Crippen LogP contribution in [0.2, 0.25) is 36.3 Å². The van der Waals surface area contributed by atoms with Gasteiger partial charge in [-0.2, -0.15) is 0 Å². The van der Waals surface area contributed by atoms with Crippen LogP contribution in [0, 0.1) is 0 Å². The van der Waals surface area contributed by atoms with Gasteiger partial charge in [-0.1, -0.05) is 73.6 Å². The highest BCUT2D eigenvalue weighted by molar-refractivity contribution is 6.74. The summed E-state index contributed by atoms with van der Waals surface area (Å²) < 4.78 is 24.9. The first-order chi connectivity index (χ1) is 17.8. The predicted octanol–water partition coefficient (Wildman–Crippen LogP) is 8.94. The first-order valence-corrected chi connectivity index (χ1v) is 21.2. The van der Waals surface area contributed by atoms with Gasteiger partial charge in [0, 0.05) is 18.1 Å². The molecule has 0 saturated carbocycles. The van der Waals surface area contributed by atoms with E-state index in [0.29, 0.717) is 18.6 Å². The monoisotopic (exact) mass is 568 g/mol. The van der Waals surface area contributed by atoms with Crippen molar-refractivity contribution < 1.29 is 23.1 Å². The molecule has 7 heteroatoms. The van der Waals surface area contributed by atoms with Crippen molar-refractivity contribution in [3.05, 3.63) is 11.6 Å². The highest BCUT2D eigenvalue weighted by atomic mass is 28.4. The highest BCUT2D eigenvalue weighted by Crippen LogP contribution is 2.39. The van der Waals surface area contributed by atoms with Crippen LogP contribution in [0.25, 0.3) is 0 Å². The maximum Gasteiger partial charge on any atom is 0.334 e. The molecule has 2 aliphatic heterocycles. The van der Waals surface area contributed by atoms with Crippen molar-refractivity contribution in [3.8, 4) is 0 Å². The van der Waals surface area contributed by atoms with Crippen molar-refractivity contribution >= 4 is 22.6 Å². The second-order valence-corrected chi connectivity index (χ2v) is 22.9. The number of unbranched alkanes of at least 4 members (excludes halogenated alkanes) is 4. The van der Waals surface area contributed by atoms with Crippen LogP contribution < -0.4 is 0 Å². The van der Waals surface area contributed by atoms with Gasteiger partial charge in [-0.3, -0.25) is 0 Å². The zero-order valence-electron chi connectivity index (χ0n) is 26.3. The largest absolute Gasteiger partial charge is 0.455 e. The Hall–Kier alpha value is -0.476. The molecule has 0 aromatic carbocycles. The number of hydrogen-bond donors (Lipinski definition) is 0. The third-order valence-electron chi connectivity index (χ3n) is 9.46. The molecule has 0 N–H and O–H groups in total. The molecule has 0 amide bonds. The van der Waals surface area contributed by atoms with Crippen molar-refractivity contribution in [1.29, 1.82) is 0 Å². The SMILES string of the molecule is CC[Si](CC)(CC)OC[C@@H]1CC[C@@H](CCCCCCC[C@H](CC2=C[C@H](C)OC2=O)O[Si](C)(C)C(C)(C)C)O1. The van der Waals surface area contributed by atoms with Gasteiger partial charge in [0.2, 0.25) is 0 Å². The zero-order valence-corrected chi connectivity index (χ0v) is 28.3. The lowest BCUT2D eigenvalue weighted by Gasteiger charge is -2.39. The molecule has 2 heterocycles. The minimum atomic E-state index is -1.90. The average molecular weight is 569 g/mol. The zero-order chi connectivity index (χ0) is 28.4. The molecule has 0 aromatic rings. The summed E-state index contributed by atoms with van der Waals surface area (Å²) in [7, 11) is -3.42. The highest BCUT2D eigenvalue weighted by Gasteiger charge is 2.40. The summed E-state index contributed by atoms with van der Waals surface area (Å²) in [5.41, 5.74) is 0.800. The van der Waals surface area contributed by atoms with Crippen molar-refractivity contribution in [3.63, 3.8) is 0 Å². The maximum absolute atomic E-state index is 12.2. The van der Waals surface area contributed by atoms with Crippen LogP contribution >= 0.6 is 0 Å². The van der Waals surface area contributed by atoms with Gasteiger partial charge >= 0.3 is 5.97 Å². The van der Waals surface area contributed by atoms with Gasteiger partial charge < -0.3 is 18.3 Å². The van der Waals surface area contributed by atoms with E-state index in [0.717, 1.165) is 31.4 Å². The quantitative estimate of drug-likeness (QED) is 0.0938. The van der Waals surface area contributed by atoms with E-state index < -0.39 is 16.6 Å². The van der Waals surface area contributed by atoms with E-state index in [1.807, 2.05) is 13.0 Å². The maximum atomic E-state index is 12.2. The fraction of sp³-hybridized carbons (Fsp3) is 0.903. The molecular weight excluding hydrogens is 509 g/mol. The Kier molecular flexibility index (Phi) is 13.8. The van der Waals surface area contributed by atoms with Crippen LogP contribution in [0.4, 0.5) is 0 Å². The molecule has 2 aliphatic rings. The van der Waals surface area contributed by atoms with Crippen LogP contribution in [0.15, 0.2) is 11.6 Å². The van der Waals surface area contributed by atoms with E-state index in [-0.39, 0.29) is 23.2 Å². The summed E-state index contributed by atoms with van der Waals surface area (Å²) in [6.07, 6.45) is 14.0. The van der Waals surface area contributed by atoms with E-state index in [1.54, 1.807) is 0 Å². The summed E-state index contributed by atoms with van der Waals surface area (Å²) in [5, 5.41) is 0.156. The van der Waals surface area contributed by atoms with Crippen LogP contribution in [0.3, 0.4) is 0 Å². The van der Waals surface area contributed by atoms with Gasteiger partial charge in [-0.15, -0.1) is 0 Å². The predicted molar refractivity (Wildman–Crippen MR) is 164 cm³/mol. The number of cyclic esters (lactones) is 1. The van der Waals surface area contributed by atoms with Crippen molar-refractivity contribution in [1.82, 2.24) is 0 Å². The third-order valence-corrected chi connectivity index (χ3v) is 18.6. The number of hydrogen-bond acceptors (Lipinski definition) is 5. The van der Waals surface area contributed by atoms with E-state index in [4.69, 9.17) is 18.3 Å². The summed E-state index contributed by atoms with van der Waals surface area (Å²) in [4.78, 5) is 12.2. The Morgan fingerprint density at radius 2 is 1.58 bits per heavy atom. The van der Waals surface area contributed by atoms with Gasteiger partial charge in [0.15, 0.2) is 16.6 Å². The minimum Gasteiger partial charge on any atom is -0.455 e. The lowest BCUT2D eigenvalue weighted by Crippen LogP contribution is -2.44. The molecule has 0 aromatic heterocycles. The third kappa shape index (κ3) is 10.5. The van der Waals surface area contributed by atoms with E-state index in [2.05, 4.69) is 54.6 Å². The molecule has 38 heavy (non-hydrogen) atoms. The van der Waals surface area contributed by atoms with Crippen LogP contribution in [-0.2, 0) is 23.1 Å². The summed E-state index contributed by atoms with van der Waals surface area (Å²) in [6.45, 7) is 21.1. The number of carbonyl (C=O) groups excluding carboxylic acids is 1. The molecule has 2 rings (SSSR count). The molecule has 0 aliphatic carbocycles. The van der Waals surface area contributed by atoms with Crippen molar-refractivity contribution in [2.24, 2.45) is 0 Å². The molecule has 5 nitrogen and oxygen atoms in total. The summed E-state index contributed by atoms with van der Waals surface area (Å²) >= 11 is 0. The molecule has 222 valence electrons. The van der Waals surface area contributed by atoms with Crippen LogP contribution in [0.1, 0.15) is 113 Å². The summed E-state index contributed by atoms with van der Waals surface area (Å²) in [6, 6.07) is 3.63. The lowest BCUT2D eigenvalue weighted by molar-refractivity contribution is -0.139. The molecule has 4 atom stereocenters. The topological polar surface area (TPSA) is 54.0 Å². The Bertz CT molecular complexity index is 733. The smallest absolute Gasteiger partial charge is 0.334 e. The minimum absolute atomic E-state index is 0.0981. The van der Waals surface area contributed by atoms with E-state index >= 15 is 0 Å². The number of rotatable bonds is 18. The first-order valence-electron chi connectivity index (χ1n) is 15.7.